The zero-order chi connectivity index (χ0) is 27.1. The van der Waals surface area contributed by atoms with Crippen molar-refractivity contribution >= 4 is 51.6 Å². The molecule has 9 heteroatoms. The lowest BCUT2D eigenvalue weighted by molar-refractivity contribution is -0.130. The summed E-state index contributed by atoms with van der Waals surface area (Å²) in [6, 6.07) is 17.8. The molecule has 3 aliphatic heterocycles. The number of aromatic nitrogens is 1. The quantitative estimate of drug-likeness (QED) is 0.335. The number of benzene rings is 3. The van der Waals surface area contributed by atoms with Gasteiger partial charge in [0.15, 0.2) is 0 Å². The molecule has 3 aromatic carbocycles. The van der Waals surface area contributed by atoms with Gasteiger partial charge in [0.2, 0.25) is 17.7 Å². The number of hydrogen-bond donors (Lipinski definition) is 3. The summed E-state index contributed by atoms with van der Waals surface area (Å²) >= 11 is 6.47. The summed E-state index contributed by atoms with van der Waals surface area (Å²) in [5.41, 5.74) is 2.98. The van der Waals surface area contributed by atoms with Crippen LogP contribution in [0, 0.1) is 18.8 Å². The monoisotopic (exact) mass is 540 g/mol. The number of halogens is 1. The van der Waals surface area contributed by atoms with Crippen LogP contribution in [0.1, 0.15) is 16.7 Å². The number of amides is 3. The van der Waals surface area contributed by atoms with Gasteiger partial charge in [0.05, 0.1) is 24.6 Å². The number of aryl methyl sites for hydroxylation is 1. The molecule has 1 aromatic heterocycles. The van der Waals surface area contributed by atoms with Crippen molar-refractivity contribution in [3.8, 4) is 5.75 Å². The van der Waals surface area contributed by atoms with Crippen LogP contribution in [-0.4, -0.2) is 35.9 Å². The Labute approximate surface area is 229 Å². The van der Waals surface area contributed by atoms with E-state index in [0.717, 1.165) is 22.0 Å². The molecule has 3 N–H and O–H groups in total. The molecule has 39 heavy (non-hydrogen) atoms. The van der Waals surface area contributed by atoms with E-state index in [1.807, 2.05) is 37.4 Å². The van der Waals surface area contributed by atoms with Gasteiger partial charge in [0, 0.05) is 45.5 Å². The summed E-state index contributed by atoms with van der Waals surface area (Å²) in [5.74, 6) is -2.31. The molecule has 4 aromatic rings. The lowest BCUT2D eigenvalue weighted by atomic mass is 9.76. The third-order valence-electron chi connectivity index (χ3n) is 8.41. The number of methoxy groups -OCH3 is 1. The molecule has 0 unspecified atom stereocenters. The van der Waals surface area contributed by atoms with Crippen LogP contribution in [-0.2, 0) is 26.3 Å². The Kier molecular flexibility index (Phi) is 5.17. The number of rotatable bonds is 4. The molecule has 2 saturated heterocycles. The van der Waals surface area contributed by atoms with Crippen molar-refractivity contribution in [1.29, 1.82) is 0 Å². The lowest BCUT2D eigenvalue weighted by Crippen LogP contribution is -2.53. The Morgan fingerprint density at radius 3 is 2.67 bits per heavy atom. The van der Waals surface area contributed by atoms with Crippen molar-refractivity contribution in [2.75, 3.05) is 17.3 Å². The summed E-state index contributed by atoms with van der Waals surface area (Å²) in [4.78, 5) is 46.8. The number of ether oxygens (including phenoxy) is 1. The van der Waals surface area contributed by atoms with Crippen LogP contribution in [0.5, 0.6) is 5.75 Å². The number of para-hydroxylation sites is 1. The zero-order valence-corrected chi connectivity index (χ0v) is 22.0. The average Bonchev–Trinajstić information content (AvgIpc) is 3.64. The fourth-order valence-electron chi connectivity index (χ4n) is 6.75. The van der Waals surface area contributed by atoms with Gasteiger partial charge in [-0.25, -0.2) is 4.90 Å². The molecular formula is C30H25ClN4O4. The van der Waals surface area contributed by atoms with Crippen LogP contribution in [0.4, 0.5) is 11.4 Å². The SMILES string of the molecule is COc1cccc(N2C(=O)[C@H]3[C@@H](C2=O)[C@@]2(N[C@@H]3Cc3c[nH]c4ccccc34)C(=O)Nc3c(C)cc(Cl)cc32)c1. The van der Waals surface area contributed by atoms with Gasteiger partial charge in [-0.05, 0) is 54.8 Å². The predicted molar refractivity (Wildman–Crippen MR) is 148 cm³/mol. The molecule has 7 rings (SSSR count). The van der Waals surface area contributed by atoms with E-state index in [9.17, 15) is 14.4 Å². The Morgan fingerprint density at radius 2 is 1.85 bits per heavy atom. The Bertz CT molecular complexity index is 1710. The minimum absolute atomic E-state index is 0.340. The van der Waals surface area contributed by atoms with E-state index in [-0.39, 0.29) is 11.8 Å². The summed E-state index contributed by atoms with van der Waals surface area (Å²) in [5, 5.41) is 7.99. The van der Waals surface area contributed by atoms with Gasteiger partial charge >= 0.3 is 0 Å². The van der Waals surface area contributed by atoms with E-state index in [1.165, 1.54) is 12.0 Å². The van der Waals surface area contributed by atoms with E-state index < -0.39 is 29.3 Å². The lowest BCUT2D eigenvalue weighted by Gasteiger charge is -2.29. The summed E-state index contributed by atoms with van der Waals surface area (Å²) in [6.07, 6.45) is 2.37. The fourth-order valence-corrected chi connectivity index (χ4v) is 7.02. The largest absolute Gasteiger partial charge is 0.497 e. The normalized spacial score (nSPS) is 25.5. The van der Waals surface area contributed by atoms with Gasteiger partial charge in [-0.1, -0.05) is 35.9 Å². The van der Waals surface area contributed by atoms with Crippen LogP contribution < -0.4 is 20.3 Å². The molecule has 4 atom stereocenters. The molecule has 0 saturated carbocycles. The molecule has 0 radical (unpaired) electrons. The number of fused-ring (bicyclic) bond motifs is 5. The van der Waals surface area contributed by atoms with Crippen molar-refractivity contribution in [3.63, 3.8) is 0 Å². The molecule has 4 heterocycles. The highest BCUT2D eigenvalue weighted by Crippen LogP contribution is 2.55. The van der Waals surface area contributed by atoms with E-state index >= 15 is 0 Å². The molecule has 3 amide bonds. The molecular weight excluding hydrogens is 516 g/mol. The third-order valence-corrected chi connectivity index (χ3v) is 8.63. The molecule has 196 valence electrons. The standard InChI is InChI=1S/C30H25ClN4O4/c1-15-10-17(31)12-21-26(15)33-29(38)30(21)25-24(23(34-30)11-16-14-32-22-9-4-3-8-20(16)22)27(36)35(28(25)37)18-6-5-7-19(13-18)39-2/h3-10,12-14,23-25,32,34H,11H2,1-2H3,(H,33,38)/t23-,24-,25+,30-/m1/s1. The van der Waals surface area contributed by atoms with Crippen molar-refractivity contribution in [3.05, 3.63) is 88.6 Å². The van der Waals surface area contributed by atoms with Crippen LogP contribution >= 0.6 is 11.6 Å². The fraction of sp³-hybridized carbons (Fsp3) is 0.233. The first-order chi connectivity index (χ1) is 18.8. The number of anilines is 2. The minimum atomic E-state index is -1.44. The van der Waals surface area contributed by atoms with E-state index in [4.69, 9.17) is 16.3 Å². The maximum atomic E-state index is 14.2. The summed E-state index contributed by atoms with van der Waals surface area (Å²) in [7, 11) is 1.53. The maximum absolute atomic E-state index is 14.2. The minimum Gasteiger partial charge on any atom is -0.497 e. The van der Waals surface area contributed by atoms with Crippen molar-refractivity contribution < 1.29 is 19.1 Å². The number of nitrogens with one attached hydrogen (secondary N) is 3. The Balaban J connectivity index is 1.40. The molecule has 3 aliphatic rings. The van der Waals surface area contributed by atoms with Gasteiger partial charge in [-0.15, -0.1) is 0 Å². The van der Waals surface area contributed by atoms with Crippen molar-refractivity contribution in [2.45, 2.75) is 24.9 Å². The first-order valence-electron chi connectivity index (χ1n) is 12.8. The topological polar surface area (TPSA) is 104 Å². The highest BCUT2D eigenvalue weighted by molar-refractivity contribution is 6.31. The van der Waals surface area contributed by atoms with Crippen molar-refractivity contribution in [2.24, 2.45) is 11.8 Å². The number of hydrogen-bond acceptors (Lipinski definition) is 5. The molecule has 2 fully saturated rings. The smallest absolute Gasteiger partial charge is 0.250 e. The Morgan fingerprint density at radius 1 is 1.03 bits per heavy atom. The van der Waals surface area contributed by atoms with Gasteiger partial charge in [0.25, 0.3) is 0 Å². The van der Waals surface area contributed by atoms with Crippen LogP contribution in [0.15, 0.2) is 66.9 Å². The number of aromatic amines is 1. The van der Waals surface area contributed by atoms with Gasteiger partial charge in [0.1, 0.15) is 11.3 Å². The number of carbonyl (C=O) groups excluding carboxylic acids is 3. The van der Waals surface area contributed by atoms with Gasteiger partial charge in [-0.2, -0.15) is 0 Å². The van der Waals surface area contributed by atoms with Crippen molar-refractivity contribution in [1.82, 2.24) is 10.3 Å². The second-order valence-corrected chi connectivity index (χ2v) is 10.9. The van der Waals surface area contributed by atoms with Crippen LogP contribution in [0.2, 0.25) is 5.02 Å². The van der Waals surface area contributed by atoms with Crippen LogP contribution in [0.25, 0.3) is 10.9 Å². The molecule has 0 aliphatic carbocycles. The summed E-state index contributed by atoms with van der Waals surface area (Å²) in [6.45, 7) is 1.87. The number of carbonyl (C=O) groups is 3. The highest BCUT2D eigenvalue weighted by Gasteiger charge is 2.70. The number of nitrogens with zero attached hydrogens (tertiary/aromatic N) is 1. The van der Waals surface area contributed by atoms with Gasteiger partial charge < -0.3 is 15.0 Å². The molecule has 1 spiro atoms. The van der Waals surface area contributed by atoms with Gasteiger partial charge in [-0.3, -0.25) is 19.7 Å². The first-order valence-corrected chi connectivity index (χ1v) is 13.2. The average molecular weight is 541 g/mol. The number of imide groups is 1. The maximum Gasteiger partial charge on any atom is 0.250 e. The number of H-pyrrole nitrogens is 1. The predicted octanol–water partition coefficient (Wildman–Crippen LogP) is 4.31. The van der Waals surface area contributed by atoms with E-state index in [1.54, 1.807) is 36.4 Å². The van der Waals surface area contributed by atoms with Crippen LogP contribution in [0.3, 0.4) is 0 Å². The molecule has 0 bridgehead atoms. The Hall–Kier alpha value is -4.14. The molecule has 8 nitrogen and oxygen atoms in total. The summed E-state index contributed by atoms with van der Waals surface area (Å²) < 4.78 is 5.35. The van der Waals surface area contributed by atoms with E-state index in [2.05, 4.69) is 15.6 Å². The second kappa shape index (κ2) is 8.43. The third kappa shape index (κ3) is 3.25. The first kappa shape index (κ1) is 23.9. The van der Waals surface area contributed by atoms with E-state index in [0.29, 0.717) is 34.1 Å². The second-order valence-electron chi connectivity index (χ2n) is 10.4. The highest BCUT2D eigenvalue weighted by atomic mass is 35.5. The zero-order valence-electron chi connectivity index (χ0n) is 21.2.